The van der Waals surface area contributed by atoms with Gasteiger partial charge in [0, 0.05) is 23.6 Å². The number of carbonyl (C=O) groups is 1. The minimum absolute atomic E-state index is 0.160. The van der Waals surface area contributed by atoms with Crippen LogP contribution in [0, 0.1) is 5.82 Å². The van der Waals surface area contributed by atoms with E-state index in [0.29, 0.717) is 21.8 Å². The van der Waals surface area contributed by atoms with Crippen LogP contribution in [0.25, 0.3) is 11.3 Å². The summed E-state index contributed by atoms with van der Waals surface area (Å²) in [6.45, 7) is -0.365. The highest BCUT2D eigenvalue weighted by molar-refractivity contribution is 6.30. The molecule has 3 atom stereocenters. The van der Waals surface area contributed by atoms with Gasteiger partial charge in [-0.15, -0.1) is 0 Å². The number of aliphatic hydroxyl groups is 1. The fourth-order valence-electron chi connectivity index (χ4n) is 4.49. The highest BCUT2D eigenvalue weighted by Crippen LogP contribution is 2.35. The third kappa shape index (κ3) is 5.78. The number of amides is 1. The molecule has 4 N–H and O–H groups in total. The Balaban J connectivity index is 1.55. The zero-order valence-electron chi connectivity index (χ0n) is 19.4. The van der Waals surface area contributed by atoms with Crippen molar-refractivity contribution >= 4 is 23.3 Å². The number of nitrogens with two attached hydrogens (primary N) is 1. The van der Waals surface area contributed by atoms with Gasteiger partial charge < -0.3 is 20.9 Å². The van der Waals surface area contributed by atoms with Crippen molar-refractivity contribution in [3.8, 4) is 11.3 Å². The van der Waals surface area contributed by atoms with Crippen molar-refractivity contribution in [1.29, 1.82) is 0 Å². The van der Waals surface area contributed by atoms with E-state index in [9.17, 15) is 9.90 Å². The number of rotatable bonds is 7. The van der Waals surface area contributed by atoms with Crippen LogP contribution >= 0.6 is 11.6 Å². The van der Waals surface area contributed by atoms with Crippen LogP contribution in [0.4, 0.5) is 10.2 Å². The summed E-state index contributed by atoms with van der Waals surface area (Å²) < 4.78 is 20.6. The van der Waals surface area contributed by atoms with Gasteiger partial charge in [0.1, 0.15) is 17.3 Å². The molecule has 4 rings (SSSR count). The van der Waals surface area contributed by atoms with Gasteiger partial charge in [-0.1, -0.05) is 36.2 Å². The predicted molar refractivity (Wildman–Crippen MR) is 133 cm³/mol. The molecule has 0 spiro atoms. The van der Waals surface area contributed by atoms with Gasteiger partial charge in [-0.2, -0.15) is 0 Å². The molecule has 35 heavy (non-hydrogen) atoms. The van der Waals surface area contributed by atoms with Gasteiger partial charge in [-0.25, -0.2) is 14.4 Å². The molecule has 1 aliphatic carbocycles. The summed E-state index contributed by atoms with van der Waals surface area (Å²) in [5.41, 5.74) is 8.13. The average Bonchev–Trinajstić information content (AvgIpc) is 2.87. The van der Waals surface area contributed by atoms with Crippen LogP contribution in [0.2, 0.25) is 5.02 Å². The second-order valence-electron chi connectivity index (χ2n) is 8.71. The third-order valence-electron chi connectivity index (χ3n) is 6.42. The van der Waals surface area contributed by atoms with Crippen molar-refractivity contribution < 1.29 is 19.0 Å². The standard InChI is InChI=1S/C26H28ClFN4O3/c1-35-19-7-3-5-16(11-19)22-13-30-25(29)24(31-22)17-8-9-20(21(28)12-17)26(34)32-23(14-33)15-4-2-6-18(27)10-15/h2,4,6,8-10,12-13,16,19,23,33H,3,5,7,11,14H2,1H3,(H2,29,30)(H,32,34)/t16-,19+,23+/m0/s1. The van der Waals surface area contributed by atoms with Gasteiger partial charge in [0.05, 0.1) is 36.2 Å². The lowest BCUT2D eigenvalue weighted by Crippen LogP contribution is -2.31. The van der Waals surface area contributed by atoms with Crippen LogP contribution in [0.1, 0.15) is 59.3 Å². The van der Waals surface area contributed by atoms with Crippen LogP contribution in [-0.4, -0.2) is 40.8 Å². The van der Waals surface area contributed by atoms with Gasteiger partial charge in [-0.3, -0.25) is 4.79 Å². The van der Waals surface area contributed by atoms with Crippen LogP contribution < -0.4 is 11.1 Å². The second-order valence-corrected chi connectivity index (χ2v) is 9.14. The van der Waals surface area contributed by atoms with Crippen molar-refractivity contribution in [2.75, 3.05) is 19.5 Å². The van der Waals surface area contributed by atoms with Gasteiger partial charge in [0.15, 0.2) is 0 Å². The van der Waals surface area contributed by atoms with Crippen molar-refractivity contribution in [3.05, 3.63) is 76.3 Å². The first-order valence-corrected chi connectivity index (χ1v) is 11.9. The lowest BCUT2D eigenvalue weighted by molar-refractivity contribution is 0.0630. The summed E-state index contributed by atoms with van der Waals surface area (Å²) in [6.07, 6.45) is 5.73. The normalized spacial score (nSPS) is 18.7. The molecule has 1 heterocycles. The van der Waals surface area contributed by atoms with E-state index in [1.807, 2.05) is 0 Å². The molecule has 0 aliphatic heterocycles. The number of anilines is 1. The van der Waals surface area contributed by atoms with Gasteiger partial charge in [0.2, 0.25) is 0 Å². The van der Waals surface area contributed by atoms with E-state index in [1.54, 1.807) is 43.6 Å². The van der Waals surface area contributed by atoms with E-state index < -0.39 is 17.8 Å². The summed E-state index contributed by atoms with van der Waals surface area (Å²) in [5, 5.41) is 12.9. The largest absolute Gasteiger partial charge is 0.394 e. The number of ether oxygens (including phenoxy) is 1. The molecule has 9 heteroatoms. The molecule has 0 saturated heterocycles. The molecular formula is C26H28ClFN4O3. The molecule has 1 aromatic heterocycles. The molecular weight excluding hydrogens is 471 g/mol. The summed E-state index contributed by atoms with van der Waals surface area (Å²) >= 11 is 6.01. The van der Waals surface area contributed by atoms with Crippen molar-refractivity contribution in [3.63, 3.8) is 0 Å². The third-order valence-corrected chi connectivity index (χ3v) is 6.66. The number of carbonyl (C=O) groups excluding carboxylic acids is 1. The molecule has 0 radical (unpaired) electrons. The first-order chi connectivity index (χ1) is 16.9. The van der Waals surface area contributed by atoms with Crippen molar-refractivity contribution in [1.82, 2.24) is 15.3 Å². The number of aliphatic hydroxyl groups excluding tert-OH is 1. The number of halogens is 2. The predicted octanol–water partition coefficient (Wildman–Crippen LogP) is 4.65. The molecule has 1 saturated carbocycles. The summed E-state index contributed by atoms with van der Waals surface area (Å²) in [5.74, 6) is -1.01. The van der Waals surface area contributed by atoms with Crippen LogP contribution in [0.15, 0.2) is 48.7 Å². The van der Waals surface area contributed by atoms with E-state index in [0.717, 1.165) is 31.4 Å². The monoisotopic (exact) mass is 498 g/mol. The van der Waals surface area contributed by atoms with Crippen LogP contribution in [-0.2, 0) is 4.74 Å². The van der Waals surface area contributed by atoms with Gasteiger partial charge in [0.25, 0.3) is 5.91 Å². The molecule has 1 aliphatic rings. The molecule has 3 aromatic rings. The first kappa shape index (κ1) is 25.0. The fourth-order valence-corrected chi connectivity index (χ4v) is 4.69. The maximum atomic E-state index is 15.0. The second kappa shape index (κ2) is 11.1. The SMILES string of the molecule is CO[C@@H]1CCC[C@H](c2cnc(N)c(-c3ccc(C(=O)N[C@H](CO)c4cccc(Cl)c4)c(F)c3)n2)C1. The molecule has 7 nitrogen and oxygen atoms in total. The lowest BCUT2D eigenvalue weighted by Gasteiger charge is -2.27. The Labute approximate surface area is 208 Å². The zero-order chi connectivity index (χ0) is 24.9. The Kier molecular flexibility index (Phi) is 7.95. The van der Waals surface area contributed by atoms with E-state index in [4.69, 9.17) is 27.1 Å². The number of methoxy groups -OCH3 is 1. The maximum absolute atomic E-state index is 15.0. The maximum Gasteiger partial charge on any atom is 0.254 e. The Morgan fingerprint density at radius 3 is 2.86 bits per heavy atom. The topological polar surface area (TPSA) is 110 Å². The van der Waals surface area contributed by atoms with Crippen molar-refractivity contribution in [2.24, 2.45) is 0 Å². The number of benzene rings is 2. The quantitative estimate of drug-likeness (QED) is 0.437. The van der Waals surface area contributed by atoms with Gasteiger partial charge >= 0.3 is 0 Å². The minimum atomic E-state index is -0.732. The zero-order valence-corrected chi connectivity index (χ0v) is 20.1. The minimum Gasteiger partial charge on any atom is -0.394 e. The molecule has 0 bridgehead atoms. The van der Waals surface area contributed by atoms with Crippen molar-refractivity contribution in [2.45, 2.75) is 43.7 Å². The van der Waals surface area contributed by atoms with Crippen LogP contribution in [0.5, 0.6) is 0 Å². The number of aromatic nitrogens is 2. The number of hydrogen-bond donors (Lipinski definition) is 3. The molecule has 2 aromatic carbocycles. The summed E-state index contributed by atoms with van der Waals surface area (Å²) in [6, 6.07) is 10.2. The highest BCUT2D eigenvalue weighted by atomic mass is 35.5. The smallest absolute Gasteiger partial charge is 0.254 e. The van der Waals surface area contributed by atoms with Gasteiger partial charge in [-0.05, 0) is 49.1 Å². The average molecular weight is 499 g/mol. The number of nitrogens with one attached hydrogen (secondary N) is 1. The fraction of sp³-hybridized carbons (Fsp3) is 0.346. The molecule has 0 unspecified atom stereocenters. The van der Waals surface area contributed by atoms with E-state index in [-0.39, 0.29) is 30.0 Å². The summed E-state index contributed by atoms with van der Waals surface area (Å²) in [4.78, 5) is 21.8. The first-order valence-electron chi connectivity index (χ1n) is 11.5. The Morgan fingerprint density at radius 1 is 1.31 bits per heavy atom. The number of nitrogens with zero attached hydrogens (tertiary/aromatic N) is 2. The van der Waals surface area contributed by atoms with E-state index in [2.05, 4.69) is 10.3 Å². The number of nitrogen functional groups attached to an aromatic ring is 1. The highest BCUT2D eigenvalue weighted by Gasteiger charge is 2.25. The van der Waals surface area contributed by atoms with E-state index in [1.165, 1.54) is 12.1 Å². The number of hydrogen-bond acceptors (Lipinski definition) is 6. The molecule has 1 amide bonds. The lowest BCUT2D eigenvalue weighted by atomic mass is 9.85. The van der Waals surface area contributed by atoms with E-state index >= 15 is 4.39 Å². The molecule has 184 valence electrons. The Bertz CT molecular complexity index is 1210. The Hall–Kier alpha value is -3.07. The Morgan fingerprint density at radius 2 is 2.14 bits per heavy atom. The molecule has 1 fully saturated rings. The summed E-state index contributed by atoms with van der Waals surface area (Å²) in [7, 11) is 1.71. The van der Waals surface area contributed by atoms with Crippen LogP contribution in [0.3, 0.4) is 0 Å².